The highest BCUT2D eigenvalue weighted by Gasteiger charge is 2.31. The fourth-order valence-electron chi connectivity index (χ4n) is 3.73. The number of hydrogen-bond acceptors (Lipinski definition) is 7. The number of halogens is 1. The number of hydrogen-bond donors (Lipinski definition) is 3. The molecule has 1 aliphatic rings. The van der Waals surface area contributed by atoms with Crippen LogP contribution in [-0.2, 0) is 6.54 Å². The van der Waals surface area contributed by atoms with Crippen LogP contribution in [0.3, 0.4) is 0 Å². The standard InChI is InChI=1S/C21H26N6O2.ClH/c1-26(2)10-8-24-16-3-4-17-19-18(16)21(29)14-5-6-23-13-15(14)20(19)25-27(17)11-7-22-9-12-28;/h3-6,13,22,24,28H,7-12H2,1-2H3;1H. The van der Waals surface area contributed by atoms with Crippen LogP contribution in [0.4, 0.5) is 5.69 Å². The van der Waals surface area contributed by atoms with E-state index in [1.54, 1.807) is 18.5 Å². The number of pyridine rings is 1. The fraction of sp³-hybridized carbons (Fsp3) is 0.381. The van der Waals surface area contributed by atoms with E-state index in [9.17, 15) is 4.79 Å². The number of fused-ring (bicyclic) bond motifs is 2. The zero-order chi connectivity index (χ0) is 20.4. The van der Waals surface area contributed by atoms with Crippen LogP contribution < -0.4 is 10.6 Å². The van der Waals surface area contributed by atoms with Gasteiger partial charge in [-0.1, -0.05) is 0 Å². The Hall–Kier alpha value is -2.52. The molecule has 0 spiro atoms. The van der Waals surface area contributed by atoms with Gasteiger partial charge >= 0.3 is 0 Å². The van der Waals surface area contributed by atoms with Crippen LogP contribution in [0, 0.1) is 0 Å². The molecule has 1 aliphatic carbocycles. The molecule has 0 amide bonds. The van der Waals surface area contributed by atoms with Crippen LogP contribution in [0.2, 0.25) is 0 Å². The quantitative estimate of drug-likeness (QED) is 0.347. The summed E-state index contributed by atoms with van der Waals surface area (Å²) in [6.07, 6.45) is 3.37. The first-order chi connectivity index (χ1) is 14.1. The van der Waals surface area contributed by atoms with Gasteiger partial charge in [0.1, 0.15) is 5.69 Å². The normalized spacial score (nSPS) is 12.2. The van der Waals surface area contributed by atoms with Gasteiger partial charge in [-0.15, -0.1) is 12.4 Å². The van der Waals surface area contributed by atoms with Crippen molar-refractivity contribution in [3.63, 3.8) is 0 Å². The number of nitrogens with zero attached hydrogens (tertiary/aromatic N) is 4. The number of rotatable bonds is 9. The predicted molar refractivity (Wildman–Crippen MR) is 121 cm³/mol. The Morgan fingerprint density at radius 1 is 1.13 bits per heavy atom. The summed E-state index contributed by atoms with van der Waals surface area (Å²) in [7, 11) is 4.05. The van der Waals surface area contributed by atoms with Crippen molar-refractivity contribution < 1.29 is 9.90 Å². The summed E-state index contributed by atoms with van der Waals surface area (Å²) in [6.45, 7) is 3.59. The fourth-order valence-corrected chi connectivity index (χ4v) is 3.73. The molecule has 0 aliphatic heterocycles. The van der Waals surface area contributed by atoms with Gasteiger partial charge in [-0.25, -0.2) is 0 Å². The first kappa shape index (κ1) is 22.2. The van der Waals surface area contributed by atoms with Gasteiger partial charge in [-0.2, -0.15) is 5.10 Å². The van der Waals surface area contributed by atoms with Crippen LogP contribution in [0.5, 0.6) is 0 Å². The van der Waals surface area contributed by atoms with Crippen LogP contribution in [0.1, 0.15) is 15.9 Å². The van der Waals surface area contributed by atoms with E-state index in [4.69, 9.17) is 10.2 Å². The van der Waals surface area contributed by atoms with Crippen molar-refractivity contribution >= 4 is 34.8 Å². The molecule has 1 aromatic carbocycles. The summed E-state index contributed by atoms with van der Waals surface area (Å²) in [5, 5.41) is 21.3. The maximum absolute atomic E-state index is 13.4. The Bertz CT molecular complexity index is 1050. The lowest BCUT2D eigenvalue weighted by molar-refractivity contribution is 0.104. The number of nitrogens with one attached hydrogen (secondary N) is 2. The Morgan fingerprint density at radius 3 is 2.73 bits per heavy atom. The second-order valence-electron chi connectivity index (χ2n) is 7.41. The highest BCUT2D eigenvalue weighted by molar-refractivity contribution is 6.27. The van der Waals surface area contributed by atoms with Gasteiger partial charge < -0.3 is 20.6 Å². The molecule has 0 saturated heterocycles. The second kappa shape index (κ2) is 9.53. The van der Waals surface area contributed by atoms with Crippen molar-refractivity contribution in [1.82, 2.24) is 25.0 Å². The van der Waals surface area contributed by atoms with Crippen LogP contribution >= 0.6 is 12.4 Å². The lowest BCUT2D eigenvalue weighted by Gasteiger charge is -2.19. The van der Waals surface area contributed by atoms with Crippen molar-refractivity contribution in [1.29, 1.82) is 0 Å². The highest BCUT2D eigenvalue weighted by atomic mass is 35.5. The average molecular weight is 431 g/mol. The number of aliphatic hydroxyl groups is 1. The van der Waals surface area contributed by atoms with E-state index in [0.717, 1.165) is 40.9 Å². The number of likely N-dealkylation sites (N-methyl/N-ethyl adjacent to an activating group) is 1. The van der Waals surface area contributed by atoms with Gasteiger partial charge in [-0.3, -0.25) is 14.5 Å². The number of carbonyl (C=O) groups is 1. The van der Waals surface area contributed by atoms with E-state index >= 15 is 0 Å². The predicted octanol–water partition coefficient (Wildman–Crippen LogP) is 1.62. The van der Waals surface area contributed by atoms with E-state index < -0.39 is 0 Å². The largest absolute Gasteiger partial charge is 0.395 e. The lowest BCUT2D eigenvalue weighted by Crippen LogP contribution is -2.23. The molecule has 160 valence electrons. The number of aliphatic hydroxyl groups excluding tert-OH is 1. The van der Waals surface area contributed by atoms with Crippen molar-refractivity contribution in [3.05, 3.63) is 41.7 Å². The molecular formula is C21H27ClN6O2. The molecule has 30 heavy (non-hydrogen) atoms. The lowest BCUT2D eigenvalue weighted by atomic mass is 9.87. The minimum atomic E-state index is 0. The monoisotopic (exact) mass is 430 g/mol. The van der Waals surface area contributed by atoms with E-state index in [2.05, 4.69) is 20.5 Å². The molecule has 8 nitrogen and oxygen atoms in total. The molecule has 4 rings (SSSR count). The van der Waals surface area contributed by atoms with Crippen molar-refractivity contribution in [2.45, 2.75) is 6.54 Å². The summed E-state index contributed by atoms with van der Waals surface area (Å²) in [5.74, 6) is 0.00538. The van der Waals surface area contributed by atoms with Gasteiger partial charge in [0.15, 0.2) is 5.78 Å². The number of benzene rings is 1. The minimum Gasteiger partial charge on any atom is -0.395 e. The summed E-state index contributed by atoms with van der Waals surface area (Å²) in [4.78, 5) is 19.7. The van der Waals surface area contributed by atoms with Crippen molar-refractivity contribution in [2.24, 2.45) is 0 Å². The molecule has 0 radical (unpaired) electrons. The Balaban J connectivity index is 0.00000256. The third-order valence-corrected chi connectivity index (χ3v) is 5.13. The first-order valence-electron chi connectivity index (χ1n) is 9.84. The Kier molecular flexibility index (Phi) is 7.04. The zero-order valence-corrected chi connectivity index (χ0v) is 18.0. The molecule has 0 fully saturated rings. The second-order valence-corrected chi connectivity index (χ2v) is 7.41. The van der Waals surface area contributed by atoms with Crippen molar-refractivity contribution in [3.8, 4) is 11.3 Å². The highest BCUT2D eigenvalue weighted by Crippen LogP contribution is 2.41. The first-order valence-corrected chi connectivity index (χ1v) is 9.84. The molecule has 3 N–H and O–H groups in total. The van der Waals surface area contributed by atoms with Gasteiger partial charge in [0.05, 0.1) is 24.2 Å². The summed E-state index contributed by atoms with van der Waals surface area (Å²) < 4.78 is 1.93. The Labute approximate surface area is 181 Å². The van der Waals surface area contributed by atoms with Gasteiger partial charge in [-0.05, 0) is 32.3 Å². The minimum absolute atomic E-state index is 0. The molecule has 0 bridgehead atoms. The summed E-state index contributed by atoms with van der Waals surface area (Å²) in [6, 6.07) is 5.76. The maximum Gasteiger partial charge on any atom is 0.196 e. The smallest absolute Gasteiger partial charge is 0.196 e. The van der Waals surface area contributed by atoms with Crippen LogP contribution in [0.15, 0.2) is 30.6 Å². The van der Waals surface area contributed by atoms with E-state index in [-0.39, 0.29) is 24.8 Å². The third kappa shape index (κ3) is 4.04. The molecule has 2 heterocycles. The Morgan fingerprint density at radius 2 is 1.97 bits per heavy atom. The number of aromatic nitrogens is 3. The third-order valence-electron chi connectivity index (χ3n) is 5.13. The number of carbonyl (C=O) groups excluding carboxylic acids is 1. The molecular weight excluding hydrogens is 404 g/mol. The molecule has 9 heteroatoms. The van der Waals surface area contributed by atoms with Gasteiger partial charge in [0.25, 0.3) is 0 Å². The van der Waals surface area contributed by atoms with E-state index in [1.807, 2.05) is 30.9 Å². The summed E-state index contributed by atoms with van der Waals surface area (Å²) in [5.41, 5.74) is 4.68. The van der Waals surface area contributed by atoms with Crippen molar-refractivity contribution in [2.75, 3.05) is 52.2 Å². The number of anilines is 1. The zero-order valence-electron chi connectivity index (χ0n) is 17.2. The molecule has 0 saturated carbocycles. The number of ketones is 1. The van der Waals surface area contributed by atoms with E-state index in [1.165, 1.54) is 0 Å². The van der Waals surface area contributed by atoms with E-state index in [0.29, 0.717) is 30.8 Å². The van der Waals surface area contributed by atoms with Gasteiger partial charge in [0.2, 0.25) is 0 Å². The molecule has 0 unspecified atom stereocenters. The van der Waals surface area contributed by atoms with Crippen LogP contribution in [0.25, 0.3) is 22.2 Å². The maximum atomic E-state index is 13.4. The van der Waals surface area contributed by atoms with Crippen LogP contribution in [-0.4, -0.2) is 77.4 Å². The molecule has 2 aromatic heterocycles. The summed E-state index contributed by atoms with van der Waals surface area (Å²) >= 11 is 0. The SMILES string of the molecule is CN(C)CCNc1ccc2c3c(nn2CCNCCO)-c2cnccc2C(=O)c13.Cl. The molecule has 3 aromatic rings. The average Bonchev–Trinajstić information content (AvgIpc) is 3.09. The topological polar surface area (TPSA) is 95.3 Å². The van der Waals surface area contributed by atoms with Gasteiger partial charge in [0, 0.05) is 60.8 Å². The molecule has 0 atom stereocenters.